The molecule has 0 saturated heterocycles. The summed E-state index contributed by atoms with van der Waals surface area (Å²) < 4.78 is 6.14. The van der Waals surface area contributed by atoms with Crippen LogP contribution in [0.5, 0.6) is 0 Å². The number of aromatic nitrogens is 3. The molecule has 2 aliphatic carbocycles. The normalized spacial score (nSPS) is 14.7. The molecule has 0 radical (unpaired) electrons. The molecule has 2 aliphatic rings. The van der Waals surface area contributed by atoms with Gasteiger partial charge in [0.25, 0.3) is 0 Å². The van der Waals surface area contributed by atoms with Gasteiger partial charge in [-0.3, -0.25) is 0 Å². The Bertz CT molecular complexity index is 2130. The summed E-state index contributed by atoms with van der Waals surface area (Å²) in [4.78, 5) is 15.0. The fourth-order valence-electron chi connectivity index (χ4n) is 6.06. The van der Waals surface area contributed by atoms with Crippen LogP contribution in [0.3, 0.4) is 0 Å². The number of fused-ring (bicyclic) bond motifs is 2. The van der Waals surface area contributed by atoms with E-state index in [-0.39, 0.29) is 0 Å². The first kappa shape index (κ1) is 25.4. The molecular weight excluding hydrogens is 526 g/mol. The predicted octanol–water partition coefficient (Wildman–Crippen LogP) is 10.2. The molecule has 6 aromatic rings. The fourth-order valence-corrected chi connectivity index (χ4v) is 6.06. The molecular formula is C39H29N3O. The summed E-state index contributed by atoms with van der Waals surface area (Å²) >= 11 is 0. The lowest BCUT2D eigenvalue weighted by Gasteiger charge is -2.15. The van der Waals surface area contributed by atoms with Gasteiger partial charge >= 0.3 is 0 Å². The van der Waals surface area contributed by atoms with Gasteiger partial charge in [0, 0.05) is 16.7 Å². The summed E-state index contributed by atoms with van der Waals surface area (Å²) in [7, 11) is 0. The van der Waals surface area contributed by atoms with E-state index in [4.69, 9.17) is 19.4 Å². The lowest BCUT2D eigenvalue weighted by molar-refractivity contribution is 0.580. The van der Waals surface area contributed by atoms with Crippen molar-refractivity contribution in [3.8, 4) is 33.6 Å². The van der Waals surface area contributed by atoms with E-state index in [1.54, 1.807) is 0 Å². The highest BCUT2D eigenvalue weighted by molar-refractivity contribution is 6.05. The van der Waals surface area contributed by atoms with Crippen molar-refractivity contribution in [3.05, 3.63) is 139 Å². The molecule has 4 aromatic carbocycles. The molecule has 4 heteroatoms. The first-order valence-corrected chi connectivity index (χ1v) is 14.9. The van der Waals surface area contributed by atoms with Gasteiger partial charge in [0.05, 0.1) is 11.4 Å². The lowest BCUT2D eigenvalue weighted by Crippen LogP contribution is -2.01. The quantitative estimate of drug-likeness (QED) is 0.212. The van der Waals surface area contributed by atoms with Crippen LogP contribution in [0.4, 0.5) is 0 Å². The number of allylic oxidation sites excluding steroid dienone is 8. The molecule has 0 fully saturated rings. The largest absolute Gasteiger partial charge is 0.436 e. The molecule has 0 aliphatic heterocycles. The number of hydrogen-bond acceptors (Lipinski definition) is 4. The molecule has 43 heavy (non-hydrogen) atoms. The van der Waals surface area contributed by atoms with Gasteiger partial charge in [-0.1, -0.05) is 109 Å². The van der Waals surface area contributed by atoms with Gasteiger partial charge in [0.15, 0.2) is 11.4 Å². The molecule has 0 amide bonds. The van der Waals surface area contributed by atoms with Gasteiger partial charge in [-0.25, -0.2) is 15.0 Å². The molecule has 206 valence electrons. The van der Waals surface area contributed by atoms with E-state index in [2.05, 4.69) is 115 Å². The maximum atomic E-state index is 6.14. The van der Waals surface area contributed by atoms with Crippen LogP contribution in [0.25, 0.3) is 66.7 Å². The van der Waals surface area contributed by atoms with Crippen molar-refractivity contribution < 1.29 is 4.42 Å². The van der Waals surface area contributed by atoms with Crippen molar-refractivity contribution >= 4 is 33.0 Å². The molecule has 0 bridgehead atoms. The second-order valence-corrected chi connectivity index (χ2v) is 11.1. The third kappa shape index (κ3) is 4.81. The maximum Gasteiger partial charge on any atom is 0.223 e. The number of benzene rings is 4. The molecule has 0 saturated carbocycles. The van der Waals surface area contributed by atoms with Crippen LogP contribution in [0.1, 0.15) is 37.4 Å². The fraction of sp³-hybridized carbons (Fsp3) is 0.103. The zero-order valence-electron chi connectivity index (χ0n) is 23.7. The number of rotatable bonds is 5. The van der Waals surface area contributed by atoms with Crippen LogP contribution in [0.2, 0.25) is 0 Å². The van der Waals surface area contributed by atoms with Gasteiger partial charge < -0.3 is 4.42 Å². The van der Waals surface area contributed by atoms with Crippen molar-refractivity contribution in [2.75, 3.05) is 0 Å². The average Bonchev–Trinajstić information content (AvgIpc) is 3.52. The van der Waals surface area contributed by atoms with Crippen molar-refractivity contribution in [2.45, 2.75) is 25.7 Å². The first-order chi connectivity index (χ1) is 21.3. The Morgan fingerprint density at radius 3 is 2.02 bits per heavy atom. The van der Waals surface area contributed by atoms with Gasteiger partial charge in [-0.15, -0.1) is 0 Å². The van der Waals surface area contributed by atoms with Gasteiger partial charge in [0.1, 0.15) is 5.52 Å². The summed E-state index contributed by atoms with van der Waals surface area (Å²) in [6.45, 7) is 0. The van der Waals surface area contributed by atoms with Crippen LogP contribution in [0, 0.1) is 0 Å². The second kappa shape index (κ2) is 10.8. The van der Waals surface area contributed by atoms with E-state index in [0.717, 1.165) is 87.2 Å². The molecule has 0 atom stereocenters. The molecule has 4 nitrogen and oxygen atoms in total. The summed E-state index contributed by atoms with van der Waals surface area (Å²) in [6.07, 6.45) is 16.7. The number of nitrogens with zero attached hydrogens (tertiary/aromatic N) is 3. The summed E-state index contributed by atoms with van der Waals surface area (Å²) in [5, 5.41) is 2.32. The highest BCUT2D eigenvalue weighted by atomic mass is 16.3. The Morgan fingerprint density at radius 2 is 1.26 bits per heavy atom. The SMILES string of the molecule is C1=CCCC(c2nc(-c3ccccc3)cc(-c3ccc(-c4ccc5oc(C6=CC=CCC6)nc5c4)c4ccccc34)n2)=C1. The molecule has 2 heterocycles. The molecule has 0 unspecified atom stereocenters. The topological polar surface area (TPSA) is 51.8 Å². The van der Waals surface area contributed by atoms with Crippen molar-refractivity contribution in [2.24, 2.45) is 0 Å². The van der Waals surface area contributed by atoms with E-state index in [1.165, 1.54) is 11.0 Å². The van der Waals surface area contributed by atoms with E-state index in [1.807, 2.05) is 12.1 Å². The van der Waals surface area contributed by atoms with Crippen molar-refractivity contribution in [1.82, 2.24) is 15.0 Å². The maximum absolute atomic E-state index is 6.14. The van der Waals surface area contributed by atoms with Crippen LogP contribution in [-0.2, 0) is 0 Å². The lowest BCUT2D eigenvalue weighted by atomic mass is 9.93. The Hall–Kier alpha value is -5.35. The Kier molecular flexibility index (Phi) is 6.38. The van der Waals surface area contributed by atoms with Gasteiger partial charge in [0.2, 0.25) is 5.89 Å². The minimum absolute atomic E-state index is 0.717. The van der Waals surface area contributed by atoms with Crippen LogP contribution < -0.4 is 0 Å². The summed E-state index contributed by atoms with van der Waals surface area (Å²) in [6, 6.07) is 31.8. The molecule has 2 aromatic heterocycles. The molecule has 0 spiro atoms. The third-order valence-corrected chi connectivity index (χ3v) is 8.28. The summed E-state index contributed by atoms with van der Waals surface area (Å²) in [5.74, 6) is 1.51. The standard InChI is InChI=1S/C39H29N3O/c1-4-12-26(13-5-1)34-25-35(41-38(40-34)27-14-6-2-7-15-27)33-22-21-30(31-18-10-11-19-32(31)33)29-20-23-37-36(24-29)42-39(43-37)28-16-8-3-9-17-28/h1-6,8,10-14,16,18-25H,7,9,15,17H2. The number of hydrogen-bond donors (Lipinski definition) is 0. The molecule has 0 N–H and O–H groups in total. The zero-order chi connectivity index (χ0) is 28.6. The Morgan fingerprint density at radius 1 is 0.558 bits per heavy atom. The van der Waals surface area contributed by atoms with Gasteiger partial charge in [-0.05, 0) is 71.4 Å². The minimum atomic E-state index is 0.717. The Balaban J connectivity index is 1.26. The van der Waals surface area contributed by atoms with E-state index in [0.29, 0.717) is 5.89 Å². The van der Waals surface area contributed by atoms with Crippen LogP contribution >= 0.6 is 0 Å². The van der Waals surface area contributed by atoms with Crippen molar-refractivity contribution in [1.29, 1.82) is 0 Å². The predicted molar refractivity (Wildman–Crippen MR) is 176 cm³/mol. The average molecular weight is 556 g/mol. The highest BCUT2D eigenvalue weighted by Crippen LogP contribution is 2.38. The highest BCUT2D eigenvalue weighted by Gasteiger charge is 2.17. The second-order valence-electron chi connectivity index (χ2n) is 11.1. The van der Waals surface area contributed by atoms with E-state index in [9.17, 15) is 0 Å². The van der Waals surface area contributed by atoms with E-state index >= 15 is 0 Å². The number of oxazole rings is 1. The Labute approximate surface area is 250 Å². The van der Waals surface area contributed by atoms with Crippen LogP contribution in [0.15, 0.2) is 132 Å². The van der Waals surface area contributed by atoms with Crippen LogP contribution in [-0.4, -0.2) is 15.0 Å². The first-order valence-electron chi connectivity index (χ1n) is 14.9. The third-order valence-electron chi connectivity index (χ3n) is 8.28. The molecule has 8 rings (SSSR count). The monoisotopic (exact) mass is 555 g/mol. The van der Waals surface area contributed by atoms with Gasteiger partial charge in [-0.2, -0.15) is 0 Å². The van der Waals surface area contributed by atoms with Crippen molar-refractivity contribution in [3.63, 3.8) is 0 Å². The smallest absolute Gasteiger partial charge is 0.223 e. The van der Waals surface area contributed by atoms with E-state index < -0.39 is 0 Å². The minimum Gasteiger partial charge on any atom is -0.436 e. The zero-order valence-corrected chi connectivity index (χ0v) is 23.7. The summed E-state index contributed by atoms with van der Waals surface area (Å²) in [5.41, 5.74) is 10.3.